The number of nitrogens with one attached hydrogen (secondary N) is 1. The predicted octanol–water partition coefficient (Wildman–Crippen LogP) is -1.21. The van der Waals surface area contributed by atoms with Gasteiger partial charge in [-0.3, -0.25) is 4.79 Å². The van der Waals surface area contributed by atoms with Gasteiger partial charge in [-0.15, -0.1) is 0 Å². The van der Waals surface area contributed by atoms with Crippen LogP contribution in [0.15, 0.2) is 33.5 Å². The van der Waals surface area contributed by atoms with Crippen molar-refractivity contribution in [2.75, 3.05) is 6.61 Å². The van der Waals surface area contributed by atoms with Gasteiger partial charge in [0.25, 0.3) is 0 Å². The van der Waals surface area contributed by atoms with Crippen LogP contribution in [0.2, 0.25) is 0 Å². The maximum absolute atomic E-state index is 12.2. The van der Waals surface area contributed by atoms with Crippen LogP contribution in [-0.4, -0.2) is 80.3 Å². The molecule has 1 aliphatic rings. The van der Waals surface area contributed by atoms with E-state index in [2.05, 4.69) is 5.32 Å². The van der Waals surface area contributed by atoms with E-state index in [1.54, 1.807) is 13.0 Å². The molecule has 1 aromatic carbocycles. The average molecular weight is 484 g/mol. The van der Waals surface area contributed by atoms with Crippen LogP contribution in [0.25, 0.3) is 11.0 Å². The molecule has 0 spiro atoms. The van der Waals surface area contributed by atoms with Gasteiger partial charge >= 0.3 is 17.4 Å². The first-order valence-corrected chi connectivity index (χ1v) is 10.0. The van der Waals surface area contributed by atoms with E-state index in [0.29, 0.717) is 10.9 Å². The summed E-state index contributed by atoms with van der Waals surface area (Å²) in [7, 11) is 0. The molecule has 2 aromatic rings. The second-order valence-electron chi connectivity index (χ2n) is 7.89. The average Bonchev–Trinajstić information content (AvgIpc) is 2.73. The van der Waals surface area contributed by atoms with Crippen molar-refractivity contribution in [3.63, 3.8) is 0 Å². The standard InChI is InChI=1S/C21H25NO11.H3N/c1-9-5-16(27)31-15-6-11(3-4-12(9)15)32-21(20(29)30)7-13(25)17(22-10(2)24)19(33-21)18(28)14(26)8-23;/h3-6,13-14,17-19,23,25-26,28H,7-8H2,1-2H3,(H,22,24)(H,29,30);1H3/t13-,14+,17+,18+,19+,21-;/m0./s1. The van der Waals surface area contributed by atoms with Gasteiger partial charge in [-0.25, -0.2) is 9.59 Å². The fourth-order valence-corrected chi connectivity index (χ4v) is 3.79. The molecule has 1 aromatic heterocycles. The number of carbonyl (C=O) groups excluding carboxylic acids is 1. The molecule has 9 N–H and O–H groups in total. The highest BCUT2D eigenvalue weighted by Crippen LogP contribution is 2.35. The number of aryl methyl sites for hydroxylation is 1. The molecule has 13 nitrogen and oxygen atoms in total. The van der Waals surface area contributed by atoms with Gasteiger partial charge in [0.15, 0.2) is 0 Å². The minimum absolute atomic E-state index is 0. The minimum Gasteiger partial charge on any atom is -0.476 e. The number of carboxylic acid groups (broad SMARTS) is 1. The Bertz CT molecular complexity index is 1100. The van der Waals surface area contributed by atoms with Gasteiger partial charge in [-0.05, 0) is 24.6 Å². The molecule has 2 heterocycles. The van der Waals surface area contributed by atoms with Crippen molar-refractivity contribution in [1.82, 2.24) is 11.5 Å². The first kappa shape index (κ1) is 27.2. The Morgan fingerprint density at radius 3 is 2.56 bits per heavy atom. The highest BCUT2D eigenvalue weighted by molar-refractivity contribution is 5.82. The molecule has 1 aliphatic heterocycles. The molecule has 0 aliphatic carbocycles. The van der Waals surface area contributed by atoms with Crippen LogP contribution < -0.4 is 21.8 Å². The van der Waals surface area contributed by atoms with Gasteiger partial charge in [0.05, 0.1) is 25.2 Å². The summed E-state index contributed by atoms with van der Waals surface area (Å²) in [5.41, 5.74) is 0.135. The Kier molecular flexibility index (Phi) is 8.36. The van der Waals surface area contributed by atoms with Crippen molar-refractivity contribution >= 4 is 22.8 Å². The van der Waals surface area contributed by atoms with Crippen LogP contribution in [0.1, 0.15) is 18.9 Å². The number of rotatable bonds is 7. The lowest BCUT2D eigenvalue weighted by Crippen LogP contribution is -2.68. The molecule has 0 bridgehead atoms. The normalized spacial score (nSPS) is 26.2. The lowest BCUT2D eigenvalue weighted by Gasteiger charge is -2.46. The zero-order valence-electron chi connectivity index (χ0n) is 18.5. The van der Waals surface area contributed by atoms with E-state index < -0.39 is 66.8 Å². The number of hydrogen-bond acceptors (Lipinski definition) is 11. The van der Waals surface area contributed by atoms with E-state index in [4.69, 9.17) is 13.9 Å². The van der Waals surface area contributed by atoms with E-state index in [1.165, 1.54) is 18.2 Å². The van der Waals surface area contributed by atoms with Gasteiger partial charge in [0.1, 0.15) is 29.6 Å². The molecule has 0 unspecified atom stereocenters. The summed E-state index contributed by atoms with van der Waals surface area (Å²) < 4.78 is 16.3. The number of aliphatic hydroxyl groups excluding tert-OH is 4. The molecule has 1 fully saturated rings. The zero-order valence-corrected chi connectivity index (χ0v) is 18.5. The third kappa shape index (κ3) is 5.35. The van der Waals surface area contributed by atoms with E-state index in [1.807, 2.05) is 0 Å². The molecule has 6 atom stereocenters. The van der Waals surface area contributed by atoms with E-state index in [-0.39, 0.29) is 17.5 Å². The Hall–Kier alpha value is -3.07. The lowest BCUT2D eigenvalue weighted by atomic mass is 9.88. The van der Waals surface area contributed by atoms with Crippen molar-refractivity contribution in [1.29, 1.82) is 0 Å². The van der Waals surface area contributed by atoms with Crippen molar-refractivity contribution < 1.29 is 49.0 Å². The molecule has 188 valence electrons. The number of aliphatic hydroxyl groups is 4. The first-order valence-electron chi connectivity index (χ1n) is 10.0. The largest absolute Gasteiger partial charge is 0.476 e. The fraction of sp³-hybridized carbons (Fsp3) is 0.476. The maximum Gasteiger partial charge on any atom is 0.377 e. The van der Waals surface area contributed by atoms with Crippen LogP contribution in [0, 0.1) is 6.92 Å². The fourth-order valence-electron chi connectivity index (χ4n) is 3.79. The summed E-state index contributed by atoms with van der Waals surface area (Å²) in [6, 6.07) is 4.21. The quantitative estimate of drug-likeness (QED) is 0.230. The van der Waals surface area contributed by atoms with Crippen molar-refractivity contribution in [3.8, 4) is 5.75 Å². The molecule has 1 saturated heterocycles. The van der Waals surface area contributed by atoms with Gasteiger partial charge in [0.2, 0.25) is 5.91 Å². The molecule has 1 amide bonds. The van der Waals surface area contributed by atoms with Gasteiger partial charge < -0.3 is 50.9 Å². The molecule has 13 heteroatoms. The Morgan fingerprint density at radius 1 is 1.29 bits per heavy atom. The minimum atomic E-state index is -2.55. The first-order chi connectivity index (χ1) is 15.5. The highest BCUT2D eigenvalue weighted by Gasteiger charge is 2.56. The Morgan fingerprint density at radius 2 is 1.97 bits per heavy atom. The third-order valence-corrected chi connectivity index (χ3v) is 5.39. The van der Waals surface area contributed by atoms with Gasteiger partial charge in [-0.1, -0.05) is 0 Å². The number of carbonyl (C=O) groups is 2. The van der Waals surface area contributed by atoms with Crippen LogP contribution in [0.3, 0.4) is 0 Å². The van der Waals surface area contributed by atoms with Crippen molar-refractivity contribution in [2.24, 2.45) is 0 Å². The van der Waals surface area contributed by atoms with Crippen LogP contribution in [-0.2, 0) is 14.3 Å². The summed E-state index contributed by atoms with van der Waals surface area (Å²) in [4.78, 5) is 35.5. The topological polar surface area (TPSA) is 231 Å². The van der Waals surface area contributed by atoms with Gasteiger partial charge in [-0.2, -0.15) is 0 Å². The number of benzene rings is 1. The van der Waals surface area contributed by atoms with E-state index in [9.17, 15) is 39.9 Å². The summed E-state index contributed by atoms with van der Waals surface area (Å²) in [5.74, 6) is -4.90. The number of aliphatic carboxylic acids is 1. The lowest BCUT2D eigenvalue weighted by molar-refractivity contribution is -0.284. The van der Waals surface area contributed by atoms with E-state index >= 15 is 0 Å². The number of hydrogen-bond donors (Lipinski definition) is 7. The zero-order chi connectivity index (χ0) is 24.5. The second-order valence-corrected chi connectivity index (χ2v) is 7.89. The molecule has 0 saturated carbocycles. The summed E-state index contributed by atoms with van der Waals surface area (Å²) in [5, 5.41) is 53.0. The Balaban J connectivity index is 0.00000408. The molecule has 0 radical (unpaired) electrons. The Labute approximate surface area is 193 Å². The maximum atomic E-state index is 12.2. The SMILES string of the molecule is CC(=O)N[C@H]1[C@H]([C@H](O)[C@H](O)CO)O[C@](Oc2ccc3c(C)cc(=O)oc3c2)(C(=O)O)C[C@@H]1O.N. The number of ether oxygens (including phenoxy) is 2. The molecular formula is C21H28N2O11. The van der Waals surface area contributed by atoms with E-state index in [0.717, 1.165) is 6.92 Å². The second kappa shape index (κ2) is 10.5. The number of carboxylic acids is 1. The summed E-state index contributed by atoms with van der Waals surface area (Å²) in [6.45, 7) is 1.94. The molecule has 3 rings (SSSR count). The predicted molar refractivity (Wildman–Crippen MR) is 115 cm³/mol. The van der Waals surface area contributed by atoms with Gasteiger partial charge in [0, 0.05) is 24.4 Å². The van der Waals surface area contributed by atoms with Crippen LogP contribution in [0.5, 0.6) is 5.75 Å². The number of amides is 1. The van der Waals surface area contributed by atoms with Crippen molar-refractivity contribution in [2.45, 2.75) is 56.5 Å². The van der Waals surface area contributed by atoms with Crippen LogP contribution >= 0.6 is 0 Å². The van der Waals surface area contributed by atoms with Crippen molar-refractivity contribution in [3.05, 3.63) is 40.2 Å². The third-order valence-electron chi connectivity index (χ3n) is 5.39. The summed E-state index contributed by atoms with van der Waals surface area (Å²) in [6.07, 6.45) is -7.56. The monoisotopic (exact) mass is 484 g/mol. The van der Waals surface area contributed by atoms with Crippen LogP contribution in [0.4, 0.5) is 0 Å². The highest BCUT2D eigenvalue weighted by atomic mass is 16.7. The molecular weight excluding hydrogens is 456 g/mol. The smallest absolute Gasteiger partial charge is 0.377 e. The molecule has 34 heavy (non-hydrogen) atoms. The number of fused-ring (bicyclic) bond motifs is 1. The summed E-state index contributed by atoms with van der Waals surface area (Å²) >= 11 is 0.